The zero-order valence-electron chi connectivity index (χ0n) is 18.5. The monoisotopic (exact) mass is 518 g/mol. The van der Waals surface area contributed by atoms with Crippen molar-refractivity contribution in [3.8, 4) is 11.5 Å². The molecule has 1 aliphatic heterocycles. The van der Waals surface area contributed by atoms with Crippen molar-refractivity contribution in [3.63, 3.8) is 0 Å². The number of aromatic nitrogens is 1. The molecule has 184 valence electrons. The number of fused-ring (bicyclic) bond motifs is 1. The van der Waals surface area contributed by atoms with E-state index in [2.05, 4.69) is 15.0 Å². The molecule has 2 heterocycles. The van der Waals surface area contributed by atoms with Gasteiger partial charge in [0.1, 0.15) is 25.6 Å². The van der Waals surface area contributed by atoms with Gasteiger partial charge in [0.2, 0.25) is 15.9 Å². The summed E-state index contributed by atoms with van der Waals surface area (Å²) in [5, 5.41) is 2.58. The van der Waals surface area contributed by atoms with Crippen LogP contribution in [0, 0.1) is 0 Å². The van der Waals surface area contributed by atoms with Crippen LogP contribution < -0.4 is 23.8 Å². The number of hydrogen-bond acceptors (Lipinski definition) is 8. The number of anilines is 3. The molecule has 3 aromatic rings. The van der Waals surface area contributed by atoms with E-state index in [0.29, 0.717) is 30.4 Å². The minimum absolute atomic E-state index is 0.0322. The van der Waals surface area contributed by atoms with Gasteiger partial charge in [0.15, 0.2) is 11.5 Å². The lowest BCUT2D eigenvalue weighted by molar-refractivity contribution is -0.114. The largest absolute Gasteiger partial charge is 0.486 e. The summed E-state index contributed by atoms with van der Waals surface area (Å²) in [4.78, 5) is 16.5. The van der Waals surface area contributed by atoms with Crippen molar-refractivity contribution in [3.05, 3.63) is 66.9 Å². The third kappa shape index (κ3) is 6.00. The van der Waals surface area contributed by atoms with Gasteiger partial charge >= 0.3 is 0 Å². The van der Waals surface area contributed by atoms with Crippen molar-refractivity contribution in [2.24, 2.45) is 0 Å². The first-order chi connectivity index (χ1) is 16.6. The van der Waals surface area contributed by atoms with Gasteiger partial charge in [0.05, 0.1) is 16.8 Å². The summed E-state index contributed by atoms with van der Waals surface area (Å²) < 4.78 is 64.1. The molecule has 0 aliphatic carbocycles. The third-order valence-corrected chi connectivity index (χ3v) is 7.36. The van der Waals surface area contributed by atoms with E-state index >= 15 is 0 Å². The lowest BCUT2D eigenvalue weighted by Gasteiger charge is -2.24. The summed E-state index contributed by atoms with van der Waals surface area (Å²) in [5.41, 5.74) is 0.538. The minimum atomic E-state index is -3.88. The van der Waals surface area contributed by atoms with Crippen molar-refractivity contribution in [2.45, 2.75) is 4.90 Å². The standard InChI is InChI=1S/C22H22N4O7S2/c1-34(28,29)26(17-7-10-19-20(14-17)33-13-12-32-19)15-22(27)24-16-5-8-18(9-6-16)35(30,31)25-21-4-2-3-11-23-21/h2-11,14H,12-13,15H2,1H3,(H,23,25)(H,24,27). The summed E-state index contributed by atoms with van der Waals surface area (Å²) in [5.74, 6) is 0.432. The molecule has 0 spiro atoms. The Morgan fingerprint density at radius 2 is 1.69 bits per heavy atom. The molecule has 0 fully saturated rings. The minimum Gasteiger partial charge on any atom is -0.486 e. The number of nitrogens with zero attached hydrogens (tertiary/aromatic N) is 2. The summed E-state index contributed by atoms with van der Waals surface area (Å²) in [6.07, 6.45) is 2.45. The fourth-order valence-electron chi connectivity index (χ4n) is 3.26. The number of ether oxygens (including phenoxy) is 2. The van der Waals surface area contributed by atoms with E-state index in [9.17, 15) is 21.6 Å². The van der Waals surface area contributed by atoms with Gasteiger partial charge in [0, 0.05) is 18.0 Å². The average Bonchev–Trinajstić information content (AvgIpc) is 2.82. The molecular formula is C22H22N4O7S2. The molecule has 1 aliphatic rings. The van der Waals surface area contributed by atoms with Crippen LogP contribution in [0.15, 0.2) is 71.8 Å². The number of carbonyl (C=O) groups excluding carboxylic acids is 1. The topological polar surface area (TPSA) is 144 Å². The number of sulfonamides is 2. The van der Waals surface area contributed by atoms with Crippen LogP contribution in [0.2, 0.25) is 0 Å². The number of rotatable bonds is 8. The first kappa shape index (κ1) is 24.3. The second-order valence-corrected chi connectivity index (χ2v) is 11.1. The Hall–Kier alpha value is -3.84. The molecule has 2 N–H and O–H groups in total. The molecule has 0 saturated heterocycles. The fraction of sp³-hybridized carbons (Fsp3) is 0.182. The Morgan fingerprint density at radius 3 is 2.34 bits per heavy atom. The summed E-state index contributed by atoms with van der Waals surface area (Å²) in [6.45, 7) is 0.225. The fourth-order valence-corrected chi connectivity index (χ4v) is 5.11. The molecule has 35 heavy (non-hydrogen) atoms. The highest BCUT2D eigenvalue weighted by Gasteiger charge is 2.23. The molecule has 0 radical (unpaired) electrons. The average molecular weight is 519 g/mol. The predicted molar refractivity (Wildman–Crippen MR) is 130 cm³/mol. The molecule has 11 nitrogen and oxygen atoms in total. The molecule has 0 bridgehead atoms. The SMILES string of the molecule is CS(=O)(=O)N(CC(=O)Nc1ccc(S(=O)(=O)Nc2ccccn2)cc1)c1ccc2c(c1)OCCO2. The second-order valence-electron chi connectivity index (χ2n) is 7.49. The van der Waals surface area contributed by atoms with Crippen LogP contribution in [0.5, 0.6) is 11.5 Å². The van der Waals surface area contributed by atoms with Crippen molar-refractivity contribution in [1.82, 2.24) is 4.98 Å². The van der Waals surface area contributed by atoms with Crippen LogP contribution >= 0.6 is 0 Å². The van der Waals surface area contributed by atoms with Crippen LogP contribution in [0.25, 0.3) is 0 Å². The number of hydrogen-bond donors (Lipinski definition) is 2. The van der Waals surface area contributed by atoms with Gasteiger partial charge in [-0.3, -0.25) is 13.8 Å². The number of benzene rings is 2. The van der Waals surface area contributed by atoms with E-state index in [-0.39, 0.29) is 16.4 Å². The Morgan fingerprint density at radius 1 is 0.971 bits per heavy atom. The normalized spacial score (nSPS) is 13.1. The molecule has 4 rings (SSSR count). The van der Waals surface area contributed by atoms with Gasteiger partial charge in [-0.15, -0.1) is 0 Å². The first-order valence-corrected chi connectivity index (χ1v) is 13.7. The number of carbonyl (C=O) groups is 1. The van der Waals surface area contributed by atoms with Gasteiger partial charge < -0.3 is 14.8 Å². The Balaban J connectivity index is 1.46. The molecule has 0 saturated carbocycles. The molecule has 2 aromatic carbocycles. The van der Waals surface area contributed by atoms with Crippen molar-refractivity contribution < 1.29 is 31.1 Å². The van der Waals surface area contributed by atoms with Crippen molar-refractivity contribution in [2.75, 3.05) is 40.4 Å². The number of amides is 1. The maximum absolute atomic E-state index is 12.6. The van der Waals surface area contributed by atoms with Gasteiger partial charge in [0.25, 0.3) is 10.0 Å². The van der Waals surface area contributed by atoms with Gasteiger partial charge in [-0.25, -0.2) is 21.8 Å². The van der Waals surface area contributed by atoms with Gasteiger partial charge in [-0.2, -0.15) is 0 Å². The van der Waals surface area contributed by atoms with Crippen LogP contribution in [0.4, 0.5) is 17.2 Å². The lowest BCUT2D eigenvalue weighted by Crippen LogP contribution is -2.37. The first-order valence-electron chi connectivity index (χ1n) is 10.3. The molecule has 1 aromatic heterocycles. The zero-order chi connectivity index (χ0) is 25.1. The van der Waals surface area contributed by atoms with E-state index in [0.717, 1.165) is 10.6 Å². The van der Waals surface area contributed by atoms with Crippen LogP contribution in [-0.2, 0) is 24.8 Å². The molecule has 1 amide bonds. The third-order valence-electron chi connectivity index (χ3n) is 4.85. The molecule has 13 heteroatoms. The summed E-state index contributed by atoms with van der Waals surface area (Å²) >= 11 is 0. The lowest BCUT2D eigenvalue weighted by atomic mass is 10.2. The van der Waals surface area contributed by atoms with E-state index in [1.165, 1.54) is 48.7 Å². The summed E-state index contributed by atoms with van der Waals surface area (Å²) in [7, 11) is -7.68. The highest BCUT2D eigenvalue weighted by molar-refractivity contribution is 7.92. The van der Waals surface area contributed by atoms with Gasteiger partial charge in [-0.1, -0.05) is 6.07 Å². The zero-order valence-corrected chi connectivity index (χ0v) is 20.2. The summed E-state index contributed by atoms with van der Waals surface area (Å²) in [6, 6.07) is 14.9. The van der Waals surface area contributed by atoms with Gasteiger partial charge in [-0.05, 0) is 48.5 Å². The van der Waals surface area contributed by atoms with E-state index in [4.69, 9.17) is 9.47 Å². The quantitative estimate of drug-likeness (QED) is 0.461. The Bertz CT molecular complexity index is 1430. The molecular weight excluding hydrogens is 496 g/mol. The highest BCUT2D eigenvalue weighted by atomic mass is 32.2. The van der Waals surface area contributed by atoms with Crippen LogP contribution in [-0.4, -0.2) is 53.7 Å². The Labute approximate surface area is 202 Å². The Kier molecular flexibility index (Phi) is 6.80. The smallest absolute Gasteiger partial charge is 0.263 e. The van der Waals surface area contributed by atoms with Crippen LogP contribution in [0.1, 0.15) is 0 Å². The maximum Gasteiger partial charge on any atom is 0.263 e. The highest BCUT2D eigenvalue weighted by Crippen LogP contribution is 2.34. The second kappa shape index (κ2) is 9.80. The molecule has 0 atom stereocenters. The maximum atomic E-state index is 12.6. The van der Waals surface area contributed by atoms with E-state index < -0.39 is 32.5 Å². The van der Waals surface area contributed by atoms with Crippen molar-refractivity contribution >= 4 is 43.1 Å². The van der Waals surface area contributed by atoms with E-state index in [1.54, 1.807) is 18.2 Å². The van der Waals surface area contributed by atoms with Crippen molar-refractivity contribution in [1.29, 1.82) is 0 Å². The number of pyridine rings is 1. The number of nitrogens with one attached hydrogen (secondary N) is 2. The molecule has 0 unspecified atom stereocenters. The van der Waals surface area contributed by atoms with E-state index in [1.807, 2.05) is 0 Å². The van der Waals surface area contributed by atoms with Crippen LogP contribution in [0.3, 0.4) is 0 Å². The predicted octanol–water partition coefficient (Wildman–Crippen LogP) is 2.06.